The Kier molecular flexibility index (Phi) is 6.72. The van der Waals surface area contributed by atoms with Gasteiger partial charge >= 0.3 is 5.97 Å². The quantitative estimate of drug-likeness (QED) is 0.516. The molecule has 1 aromatic rings. The fourth-order valence-corrected chi connectivity index (χ4v) is 4.59. The molecule has 0 unspecified atom stereocenters. The Balaban J connectivity index is 1.65. The number of hydrogen-bond acceptors (Lipinski definition) is 7. The molecule has 0 aromatic heterocycles. The van der Waals surface area contributed by atoms with E-state index in [1.807, 2.05) is 6.07 Å². The fourth-order valence-electron chi connectivity index (χ4n) is 3.15. The molecule has 8 nitrogen and oxygen atoms in total. The third-order valence-corrected chi connectivity index (χ3v) is 5.80. The van der Waals surface area contributed by atoms with Crippen molar-refractivity contribution in [2.75, 3.05) is 20.3 Å². The number of para-hydroxylation sites is 1. The van der Waals surface area contributed by atoms with E-state index >= 15 is 0 Å². The summed E-state index contributed by atoms with van der Waals surface area (Å²) in [5.41, 5.74) is -0.678. The highest BCUT2D eigenvalue weighted by Gasteiger charge is 2.60. The van der Waals surface area contributed by atoms with Crippen LogP contribution in [0.5, 0.6) is 5.75 Å². The van der Waals surface area contributed by atoms with Gasteiger partial charge in [0.25, 0.3) is 5.91 Å². The molecule has 0 radical (unpaired) electrons. The average Bonchev–Trinajstić information content (AvgIpc) is 3.04. The predicted molar refractivity (Wildman–Crippen MR) is 112 cm³/mol. The molecule has 0 aliphatic carbocycles. The molecular formula is C21H26N2O6S. The number of thioether (sulfide) groups is 1. The molecule has 0 spiro atoms. The van der Waals surface area contributed by atoms with Gasteiger partial charge in [0.1, 0.15) is 22.8 Å². The van der Waals surface area contributed by atoms with E-state index in [0.29, 0.717) is 17.3 Å². The molecule has 2 heterocycles. The zero-order valence-corrected chi connectivity index (χ0v) is 18.2. The van der Waals surface area contributed by atoms with Gasteiger partial charge in [-0.1, -0.05) is 18.2 Å². The zero-order valence-electron chi connectivity index (χ0n) is 17.4. The number of carbonyl (C=O) groups is 3. The lowest BCUT2D eigenvalue weighted by atomic mass is 10.0. The Morgan fingerprint density at radius 2 is 1.93 bits per heavy atom. The van der Waals surface area contributed by atoms with Gasteiger partial charge in [0, 0.05) is 12.0 Å². The number of β-lactam (4-membered cyclic amide) rings is 1. The van der Waals surface area contributed by atoms with Crippen molar-refractivity contribution in [2.24, 2.45) is 0 Å². The highest BCUT2D eigenvalue weighted by molar-refractivity contribution is 8.04. The van der Waals surface area contributed by atoms with E-state index in [1.165, 1.54) is 16.7 Å². The molecule has 2 aliphatic rings. The summed E-state index contributed by atoms with van der Waals surface area (Å²) in [4.78, 5) is 39.9. The van der Waals surface area contributed by atoms with Crippen molar-refractivity contribution in [3.63, 3.8) is 0 Å². The second kappa shape index (κ2) is 9.09. The summed E-state index contributed by atoms with van der Waals surface area (Å²) in [6.45, 7) is 5.43. The van der Waals surface area contributed by atoms with Crippen molar-refractivity contribution >= 4 is 29.5 Å². The maximum atomic E-state index is 12.7. The molecule has 2 amide bonds. The SMILES string of the molecule is COCC=C1S[C@@H]2[C@H](NC(=O)COc3ccccc3)C(=O)N2[C@@H]1C(=O)OC(C)(C)C. The zero-order chi connectivity index (χ0) is 21.9. The fraction of sp³-hybridized carbons (Fsp3) is 0.476. The Morgan fingerprint density at radius 1 is 1.23 bits per heavy atom. The van der Waals surface area contributed by atoms with E-state index in [0.717, 1.165) is 0 Å². The molecule has 0 bridgehead atoms. The van der Waals surface area contributed by atoms with Crippen LogP contribution in [0.3, 0.4) is 0 Å². The molecule has 30 heavy (non-hydrogen) atoms. The third-order valence-electron chi connectivity index (χ3n) is 4.40. The van der Waals surface area contributed by atoms with Crippen molar-refractivity contribution in [3.05, 3.63) is 41.3 Å². The molecule has 162 valence electrons. The lowest BCUT2D eigenvalue weighted by Gasteiger charge is -2.43. The van der Waals surface area contributed by atoms with E-state index in [1.54, 1.807) is 58.2 Å². The maximum absolute atomic E-state index is 12.7. The maximum Gasteiger partial charge on any atom is 0.334 e. The van der Waals surface area contributed by atoms with Crippen LogP contribution in [0.25, 0.3) is 0 Å². The largest absolute Gasteiger partial charge is 0.484 e. The van der Waals surface area contributed by atoms with Crippen LogP contribution in [-0.2, 0) is 23.9 Å². The van der Waals surface area contributed by atoms with Gasteiger partial charge in [-0.15, -0.1) is 11.8 Å². The lowest BCUT2D eigenvalue weighted by molar-refractivity contribution is -0.168. The van der Waals surface area contributed by atoms with Gasteiger partial charge in [0.2, 0.25) is 5.91 Å². The average molecular weight is 435 g/mol. The summed E-state index contributed by atoms with van der Waals surface area (Å²) in [6.07, 6.45) is 1.77. The smallest absolute Gasteiger partial charge is 0.334 e. The van der Waals surface area contributed by atoms with Gasteiger partial charge in [-0.25, -0.2) is 4.79 Å². The first kappa shape index (κ1) is 22.2. The lowest BCUT2D eigenvalue weighted by Crippen LogP contribution is -2.70. The van der Waals surface area contributed by atoms with Gasteiger partial charge < -0.3 is 24.4 Å². The number of benzene rings is 1. The molecule has 0 saturated carbocycles. The first-order valence-electron chi connectivity index (χ1n) is 9.59. The second-order valence-electron chi connectivity index (χ2n) is 7.90. The van der Waals surface area contributed by atoms with Crippen LogP contribution in [0.2, 0.25) is 0 Å². The van der Waals surface area contributed by atoms with Crippen molar-refractivity contribution in [3.8, 4) is 5.75 Å². The molecule has 2 fully saturated rings. The van der Waals surface area contributed by atoms with Crippen LogP contribution in [0.15, 0.2) is 41.3 Å². The normalized spacial score (nSPS) is 24.3. The van der Waals surface area contributed by atoms with Crippen LogP contribution in [0.1, 0.15) is 20.8 Å². The number of fused-ring (bicyclic) bond motifs is 1. The number of rotatable bonds is 7. The molecule has 1 aromatic carbocycles. The summed E-state index contributed by atoms with van der Waals surface area (Å²) >= 11 is 1.36. The van der Waals surface area contributed by atoms with Crippen molar-refractivity contribution in [1.29, 1.82) is 0 Å². The Hall–Kier alpha value is -2.52. The summed E-state index contributed by atoms with van der Waals surface area (Å²) in [6, 6.07) is 7.40. The summed E-state index contributed by atoms with van der Waals surface area (Å²) in [5, 5.41) is 2.33. The monoisotopic (exact) mass is 434 g/mol. The number of nitrogens with one attached hydrogen (secondary N) is 1. The van der Waals surface area contributed by atoms with Crippen LogP contribution in [0.4, 0.5) is 0 Å². The molecule has 3 atom stereocenters. The van der Waals surface area contributed by atoms with E-state index in [9.17, 15) is 14.4 Å². The second-order valence-corrected chi connectivity index (χ2v) is 9.09. The molecular weight excluding hydrogens is 408 g/mol. The number of amides is 2. The first-order chi connectivity index (χ1) is 14.2. The predicted octanol–water partition coefficient (Wildman–Crippen LogP) is 1.71. The summed E-state index contributed by atoms with van der Waals surface area (Å²) < 4.78 is 16.0. The summed E-state index contributed by atoms with van der Waals surface area (Å²) in [7, 11) is 1.55. The van der Waals surface area contributed by atoms with Gasteiger partial charge in [0.15, 0.2) is 12.6 Å². The van der Waals surface area contributed by atoms with Gasteiger partial charge in [-0.2, -0.15) is 0 Å². The van der Waals surface area contributed by atoms with Gasteiger partial charge in [-0.3, -0.25) is 9.59 Å². The third kappa shape index (κ3) is 4.96. The molecule has 1 N–H and O–H groups in total. The van der Waals surface area contributed by atoms with Crippen molar-refractivity contribution < 1.29 is 28.6 Å². The number of methoxy groups -OCH3 is 1. The first-order valence-corrected chi connectivity index (χ1v) is 10.5. The summed E-state index contributed by atoms with van der Waals surface area (Å²) in [5.74, 6) is -0.651. The van der Waals surface area contributed by atoms with Crippen LogP contribution in [0, 0.1) is 0 Å². The van der Waals surface area contributed by atoms with Crippen LogP contribution in [-0.4, -0.2) is 66.1 Å². The van der Waals surface area contributed by atoms with E-state index < -0.39 is 29.6 Å². The Bertz CT molecular complexity index is 836. The van der Waals surface area contributed by atoms with Crippen molar-refractivity contribution in [1.82, 2.24) is 10.2 Å². The minimum Gasteiger partial charge on any atom is -0.484 e. The Morgan fingerprint density at radius 3 is 2.57 bits per heavy atom. The number of esters is 1. The highest BCUT2D eigenvalue weighted by Crippen LogP contribution is 2.47. The van der Waals surface area contributed by atoms with E-state index in [-0.39, 0.29) is 17.9 Å². The number of hydrogen-bond donors (Lipinski definition) is 1. The van der Waals surface area contributed by atoms with Crippen LogP contribution >= 0.6 is 11.8 Å². The van der Waals surface area contributed by atoms with Crippen LogP contribution < -0.4 is 10.1 Å². The Labute approximate surface area is 179 Å². The highest BCUT2D eigenvalue weighted by atomic mass is 32.2. The van der Waals surface area contributed by atoms with Crippen molar-refractivity contribution in [2.45, 2.75) is 43.8 Å². The number of ether oxygens (including phenoxy) is 3. The number of carbonyl (C=O) groups excluding carboxylic acids is 3. The molecule has 2 aliphatic heterocycles. The van der Waals surface area contributed by atoms with E-state index in [2.05, 4.69) is 5.32 Å². The molecule has 9 heteroatoms. The molecule has 3 rings (SSSR count). The topological polar surface area (TPSA) is 94.2 Å². The standard InChI is InChI=1S/C21H26N2O6S/c1-21(2,3)29-20(26)17-14(10-11-27-4)30-19-16(18(25)23(17)19)22-15(24)12-28-13-8-6-5-7-9-13/h5-10,16-17,19H,11-12H2,1-4H3,(H,22,24)/t16-,17+,19-/m1/s1. The van der Waals surface area contributed by atoms with Gasteiger partial charge in [0.05, 0.1) is 6.61 Å². The molecule has 2 saturated heterocycles. The minimum absolute atomic E-state index is 0.201. The van der Waals surface area contributed by atoms with Gasteiger partial charge in [-0.05, 0) is 39.0 Å². The number of nitrogens with zero attached hydrogens (tertiary/aromatic N) is 1. The van der Waals surface area contributed by atoms with E-state index in [4.69, 9.17) is 14.2 Å². The minimum atomic E-state index is -0.824.